The Hall–Kier alpha value is -0.570. The van der Waals surface area contributed by atoms with E-state index in [1.807, 2.05) is 13.8 Å². The second kappa shape index (κ2) is 7.78. The molecule has 1 aliphatic carbocycles. The Bertz CT molecular complexity index is 245. The average molecular weight is 254 g/mol. The van der Waals surface area contributed by atoms with E-state index >= 15 is 0 Å². The van der Waals surface area contributed by atoms with Crippen LogP contribution in [0.2, 0.25) is 0 Å². The molecule has 1 rings (SSSR count). The number of hydrogen-bond donors (Lipinski definition) is 2. The largest absolute Gasteiger partial charge is 0.352 e. The molecule has 18 heavy (non-hydrogen) atoms. The van der Waals surface area contributed by atoms with E-state index in [1.165, 1.54) is 32.1 Å². The van der Waals surface area contributed by atoms with Crippen LogP contribution in [0.3, 0.4) is 0 Å². The van der Waals surface area contributed by atoms with Crippen molar-refractivity contribution in [1.29, 1.82) is 0 Å². The van der Waals surface area contributed by atoms with Gasteiger partial charge in [0.2, 0.25) is 5.91 Å². The number of unbranched alkanes of at least 4 members (excludes halogenated alkanes) is 1. The zero-order valence-corrected chi connectivity index (χ0v) is 12.2. The molecule has 0 unspecified atom stereocenters. The lowest BCUT2D eigenvalue weighted by molar-refractivity contribution is -0.124. The third-order valence-electron chi connectivity index (χ3n) is 4.18. The van der Waals surface area contributed by atoms with Crippen LogP contribution in [-0.4, -0.2) is 18.0 Å². The lowest BCUT2D eigenvalue weighted by Gasteiger charge is -2.30. The minimum absolute atomic E-state index is 0.0296. The predicted octanol–water partition coefficient (Wildman–Crippen LogP) is 2.83. The average Bonchev–Trinajstić information content (AvgIpc) is 2.36. The quantitative estimate of drug-likeness (QED) is 0.766. The summed E-state index contributed by atoms with van der Waals surface area (Å²) in [6.45, 7) is 6.23. The second-order valence-corrected chi connectivity index (χ2v) is 6.14. The molecule has 0 aliphatic heterocycles. The van der Waals surface area contributed by atoms with Gasteiger partial charge < -0.3 is 11.1 Å². The van der Waals surface area contributed by atoms with Crippen LogP contribution in [0.15, 0.2) is 0 Å². The molecule has 3 N–H and O–H groups in total. The maximum absolute atomic E-state index is 11.9. The van der Waals surface area contributed by atoms with Gasteiger partial charge in [0.05, 0.1) is 6.04 Å². The smallest absolute Gasteiger partial charge is 0.237 e. The first-order valence-corrected chi connectivity index (χ1v) is 7.60. The van der Waals surface area contributed by atoms with Gasteiger partial charge in [-0.3, -0.25) is 4.79 Å². The van der Waals surface area contributed by atoms with Gasteiger partial charge in [0.1, 0.15) is 0 Å². The van der Waals surface area contributed by atoms with Crippen LogP contribution in [0.1, 0.15) is 65.7 Å². The fourth-order valence-electron chi connectivity index (χ4n) is 2.69. The normalized spacial score (nSPS) is 26.1. The SMILES string of the molecule is CCCCC1CCC(NC(=O)[C@@H](N)C(C)C)CC1. The Labute approximate surface area is 112 Å². The second-order valence-electron chi connectivity index (χ2n) is 6.14. The Morgan fingerprint density at radius 3 is 2.39 bits per heavy atom. The van der Waals surface area contributed by atoms with Crippen LogP contribution < -0.4 is 11.1 Å². The molecule has 1 saturated carbocycles. The molecule has 0 bridgehead atoms. The third-order valence-corrected chi connectivity index (χ3v) is 4.18. The third kappa shape index (κ3) is 4.97. The van der Waals surface area contributed by atoms with Gasteiger partial charge in [0, 0.05) is 6.04 Å². The molecule has 0 saturated heterocycles. The molecule has 0 heterocycles. The first-order valence-electron chi connectivity index (χ1n) is 7.60. The molecule has 0 aromatic rings. The summed E-state index contributed by atoms with van der Waals surface area (Å²) < 4.78 is 0. The van der Waals surface area contributed by atoms with E-state index in [1.54, 1.807) is 0 Å². The molecule has 0 aromatic carbocycles. The van der Waals surface area contributed by atoms with Crippen LogP contribution in [0.25, 0.3) is 0 Å². The highest BCUT2D eigenvalue weighted by Gasteiger charge is 2.24. The number of carbonyl (C=O) groups is 1. The van der Waals surface area contributed by atoms with Crippen molar-refractivity contribution in [2.24, 2.45) is 17.6 Å². The molecule has 1 aliphatic rings. The highest BCUT2D eigenvalue weighted by Crippen LogP contribution is 2.28. The standard InChI is InChI=1S/C15H30N2O/c1-4-5-6-12-7-9-13(10-8-12)17-15(18)14(16)11(2)3/h11-14H,4-10,16H2,1-3H3,(H,17,18)/t12?,13?,14-/m0/s1. The first kappa shape index (κ1) is 15.5. The summed E-state index contributed by atoms with van der Waals surface area (Å²) in [5.74, 6) is 1.13. The van der Waals surface area contributed by atoms with E-state index in [2.05, 4.69) is 12.2 Å². The van der Waals surface area contributed by atoms with Crippen molar-refractivity contribution in [3.63, 3.8) is 0 Å². The summed E-state index contributed by atoms with van der Waals surface area (Å²) in [6.07, 6.45) is 8.79. The summed E-state index contributed by atoms with van der Waals surface area (Å²) in [5, 5.41) is 3.11. The van der Waals surface area contributed by atoms with Gasteiger partial charge in [-0.15, -0.1) is 0 Å². The van der Waals surface area contributed by atoms with Crippen LogP contribution >= 0.6 is 0 Å². The van der Waals surface area contributed by atoms with Crippen molar-refractivity contribution in [3.8, 4) is 0 Å². The van der Waals surface area contributed by atoms with Crippen molar-refractivity contribution in [3.05, 3.63) is 0 Å². The number of carbonyl (C=O) groups excluding carboxylic acids is 1. The van der Waals surface area contributed by atoms with E-state index in [9.17, 15) is 4.79 Å². The van der Waals surface area contributed by atoms with E-state index < -0.39 is 0 Å². The number of nitrogens with one attached hydrogen (secondary N) is 1. The van der Waals surface area contributed by atoms with Crippen LogP contribution in [-0.2, 0) is 4.79 Å². The molecule has 1 fully saturated rings. The highest BCUT2D eigenvalue weighted by atomic mass is 16.2. The molecule has 106 valence electrons. The molecular weight excluding hydrogens is 224 g/mol. The Morgan fingerprint density at radius 1 is 1.28 bits per heavy atom. The first-order chi connectivity index (χ1) is 8.54. The van der Waals surface area contributed by atoms with Gasteiger partial charge >= 0.3 is 0 Å². The predicted molar refractivity (Wildman–Crippen MR) is 76.2 cm³/mol. The lowest BCUT2D eigenvalue weighted by Crippen LogP contribution is -2.48. The van der Waals surface area contributed by atoms with Gasteiger partial charge in [0.25, 0.3) is 0 Å². The highest BCUT2D eigenvalue weighted by molar-refractivity contribution is 5.82. The molecule has 0 aromatic heterocycles. The van der Waals surface area contributed by atoms with Crippen LogP contribution in [0.4, 0.5) is 0 Å². The zero-order chi connectivity index (χ0) is 13.5. The number of hydrogen-bond acceptors (Lipinski definition) is 2. The Morgan fingerprint density at radius 2 is 1.89 bits per heavy atom. The van der Waals surface area contributed by atoms with Crippen molar-refractivity contribution >= 4 is 5.91 Å². The van der Waals surface area contributed by atoms with E-state index in [0.717, 1.165) is 18.8 Å². The molecule has 1 amide bonds. The maximum atomic E-state index is 11.9. The molecular formula is C15H30N2O. The van der Waals surface area contributed by atoms with E-state index in [0.29, 0.717) is 6.04 Å². The minimum atomic E-state index is -0.359. The maximum Gasteiger partial charge on any atom is 0.237 e. The van der Waals surface area contributed by atoms with Gasteiger partial charge in [-0.1, -0.05) is 40.0 Å². The number of rotatable bonds is 6. The van der Waals surface area contributed by atoms with Crippen molar-refractivity contribution < 1.29 is 4.79 Å². The minimum Gasteiger partial charge on any atom is -0.352 e. The Balaban J connectivity index is 2.25. The Kier molecular flexibility index (Phi) is 6.69. The summed E-state index contributed by atoms with van der Waals surface area (Å²) in [6, 6.07) is 0.00277. The summed E-state index contributed by atoms with van der Waals surface area (Å²) in [4.78, 5) is 11.9. The zero-order valence-electron chi connectivity index (χ0n) is 12.2. The van der Waals surface area contributed by atoms with Gasteiger partial charge in [-0.2, -0.15) is 0 Å². The molecule has 0 spiro atoms. The van der Waals surface area contributed by atoms with Crippen LogP contribution in [0.5, 0.6) is 0 Å². The van der Waals surface area contributed by atoms with Gasteiger partial charge in [0.15, 0.2) is 0 Å². The molecule has 1 atom stereocenters. The lowest BCUT2D eigenvalue weighted by atomic mass is 9.83. The molecule has 0 radical (unpaired) electrons. The molecule has 3 nitrogen and oxygen atoms in total. The van der Waals surface area contributed by atoms with Crippen molar-refractivity contribution in [2.45, 2.75) is 77.8 Å². The van der Waals surface area contributed by atoms with E-state index in [-0.39, 0.29) is 17.9 Å². The van der Waals surface area contributed by atoms with Crippen LogP contribution in [0, 0.1) is 11.8 Å². The fraction of sp³-hybridized carbons (Fsp3) is 0.933. The van der Waals surface area contributed by atoms with Gasteiger partial charge in [-0.05, 0) is 37.5 Å². The van der Waals surface area contributed by atoms with Gasteiger partial charge in [-0.25, -0.2) is 0 Å². The van der Waals surface area contributed by atoms with Crippen molar-refractivity contribution in [2.75, 3.05) is 0 Å². The van der Waals surface area contributed by atoms with E-state index in [4.69, 9.17) is 5.73 Å². The summed E-state index contributed by atoms with van der Waals surface area (Å²) in [7, 11) is 0. The topological polar surface area (TPSA) is 55.1 Å². The van der Waals surface area contributed by atoms with Crippen molar-refractivity contribution in [1.82, 2.24) is 5.32 Å². The number of amides is 1. The number of nitrogens with two attached hydrogens (primary N) is 1. The summed E-state index contributed by atoms with van der Waals surface area (Å²) in [5.41, 5.74) is 5.86. The monoisotopic (exact) mass is 254 g/mol. The molecule has 3 heteroatoms. The fourth-order valence-corrected chi connectivity index (χ4v) is 2.69. The summed E-state index contributed by atoms with van der Waals surface area (Å²) >= 11 is 0.